The first-order valence-corrected chi connectivity index (χ1v) is 10.6. The number of carbonyl (C=O) groups is 1. The minimum absolute atomic E-state index is 0.816. The van der Waals surface area contributed by atoms with Crippen LogP contribution in [-0.4, -0.2) is 11.1 Å². The number of hydrogen-bond acceptors (Lipinski definition) is 1. The van der Waals surface area contributed by atoms with Crippen molar-refractivity contribution >= 4 is 5.97 Å². The van der Waals surface area contributed by atoms with Crippen LogP contribution >= 0.6 is 0 Å². The Labute approximate surface area is 149 Å². The molecule has 2 saturated carbocycles. The molecule has 2 aliphatic rings. The predicted octanol–water partition coefficient (Wildman–Crippen LogP) is 6.60. The summed E-state index contributed by atoms with van der Waals surface area (Å²) in [5, 5.41) is 8.62. The lowest BCUT2D eigenvalue weighted by atomic mass is 9.68. The first kappa shape index (κ1) is 19.5. The maximum atomic E-state index is 10.5. The van der Waals surface area contributed by atoms with Crippen molar-refractivity contribution in [1.82, 2.24) is 0 Å². The van der Waals surface area contributed by atoms with Crippen molar-refractivity contribution in [2.45, 2.75) is 96.8 Å². The normalized spacial score (nSPS) is 31.4. The summed E-state index contributed by atoms with van der Waals surface area (Å²) < 4.78 is 0. The van der Waals surface area contributed by atoms with Gasteiger partial charge in [0.05, 0.1) is 0 Å². The molecule has 24 heavy (non-hydrogen) atoms. The highest BCUT2D eigenvalue weighted by atomic mass is 16.4. The van der Waals surface area contributed by atoms with Crippen molar-refractivity contribution in [2.75, 3.05) is 0 Å². The Morgan fingerprint density at radius 1 is 0.875 bits per heavy atom. The lowest BCUT2D eigenvalue weighted by Crippen LogP contribution is -2.25. The van der Waals surface area contributed by atoms with E-state index in [9.17, 15) is 4.79 Å². The molecule has 0 amide bonds. The zero-order chi connectivity index (χ0) is 17.2. The van der Waals surface area contributed by atoms with E-state index in [1.165, 1.54) is 89.5 Å². The monoisotopic (exact) mass is 334 g/mol. The Hall–Kier alpha value is -0.790. The van der Waals surface area contributed by atoms with Gasteiger partial charge in [-0.1, -0.05) is 64.4 Å². The highest BCUT2D eigenvalue weighted by Gasteiger charge is 2.30. The van der Waals surface area contributed by atoms with Gasteiger partial charge < -0.3 is 5.11 Å². The number of hydrogen-bond donors (Lipinski definition) is 1. The highest BCUT2D eigenvalue weighted by molar-refractivity contribution is 5.79. The predicted molar refractivity (Wildman–Crippen MR) is 101 cm³/mol. The molecule has 2 fully saturated rings. The smallest absolute Gasteiger partial charge is 0.327 e. The number of carboxylic acid groups (broad SMARTS) is 1. The molecule has 0 aromatic rings. The molecule has 0 atom stereocenters. The van der Waals surface area contributed by atoms with E-state index in [1.54, 1.807) is 0 Å². The third-order valence-corrected chi connectivity index (χ3v) is 6.67. The largest absolute Gasteiger partial charge is 0.478 e. The Bertz CT molecular complexity index is 371. The van der Waals surface area contributed by atoms with Gasteiger partial charge in [-0.2, -0.15) is 0 Å². The average molecular weight is 335 g/mol. The molecule has 0 aromatic carbocycles. The Morgan fingerprint density at radius 3 is 1.92 bits per heavy atom. The maximum Gasteiger partial charge on any atom is 0.327 e. The van der Waals surface area contributed by atoms with Crippen molar-refractivity contribution in [1.29, 1.82) is 0 Å². The van der Waals surface area contributed by atoms with Crippen LogP contribution in [0.1, 0.15) is 96.8 Å². The second kappa shape index (κ2) is 10.9. The van der Waals surface area contributed by atoms with Gasteiger partial charge in [0.25, 0.3) is 0 Å². The zero-order valence-electron chi connectivity index (χ0n) is 15.7. The Morgan fingerprint density at radius 2 is 1.42 bits per heavy atom. The van der Waals surface area contributed by atoms with Crippen LogP contribution in [0.5, 0.6) is 0 Å². The van der Waals surface area contributed by atoms with Gasteiger partial charge in [0, 0.05) is 6.08 Å². The average Bonchev–Trinajstić information content (AvgIpc) is 2.60. The van der Waals surface area contributed by atoms with Crippen LogP contribution in [0.3, 0.4) is 0 Å². The van der Waals surface area contributed by atoms with Gasteiger partial charge in [-0.05, 0) is 62.2 Å². The van der Waals surface area contributed by atoms with Gasteiger partial charge in [0.15, 0.2) is 0 Å². The number of unbranched alkanes of at least 4 members (excludes halogenated alkanes) is 2. The molecule has 2 nitrogen and oxygen atoms in total. The summed E-state index contributed by atoms with van der Waals surface area (Å²) in [6.45, 7) is 2.30. The minimum Gasteiger partial charge on any atom is -0.478 e. The van der Waals surface area contributed by atoms with Crippen LogP contribution < -0.4 is 0 Å². The minimum atomic E-state index is -0.816. The van der Waals surface area contributed by atoms with Crippen molar-refractivity contribution < 1.29 is 9.90 Å². The third-order valence-electron chi connectivity index (χ3n) is 6.67. The summed E-state index contributed by atoms with van der Waals surface area (Å²) >= 11 is 0. The molecule has 0 radical (unpaired) electrons. The van der Waals surface area contributed by atoms with Gasteiger partial charge in [0.1, 0.15) is 0 Å². The topological polar surface area (TPSA) is 37.3 Å². The van der Waals surface area contributed by atoms with E-state index in [4.69, 9.17) is 5.11 Å². The molecule has 0 aromatic heterocycles. The summed E-state index contributed by atoms with van der Waals surface area (Å²) in [6.07, 6.45) is 22.5. The summed E-state index contributed by atoms with van der Waals surface area (Å²) in [7, 11) is 0. The second-order valence-corrected chi connectivity index (χ2v) is 8.38. The fourth-order valence-electron chi connectivity index (χ4n) is 5.10. The molecule has 0 aliphatic heterocycles. The summed E-state index contributed by atoms with van der Waals surface area (Å²) in [5.41, 5.74) is 0. The molecule has 0 spiro atoms. The summed E-state index contributed by atoms with van der Waals surface area (Å²) in [4.78, 5) is 10.5. The number of carboxylic acids is 1. The lowest BCUT2D eigenvalue weighted by molar-refractivity contribution is -0.131. The van der Waals surface area contributed by atoms with Crippen LogP contribution in [0.2, 0.25) is 0 Å². The van der Waals surface area contributed by atoms with Gasteiger partial charge in [-0.3, -0.25) is 0 Å². The van der Waals surface area contributed by atoms with Crippen molar-refractivity contribution in [2.24, 2.45) is 23.7 Å². The fraction of sp³-hybridized carbons (Fsp3) is 0.864. The van der Waals surface area contributed by atoms with Gasteiger partial charge in [0.2, 0.25) is 0 Å². The Balaban J connectivity index is 1.58. The van der Waals surface area contributed by atoms with Gasteiger partial charge in [-0.25, -0.2) is 4.79 Å². The zero-order valence-corrected chi connectivity index (χ0v) is 15.7. The van der Waals surface area contributed by atoms with E-state index in [-0.39, 0.29) is 0 Å². The van der Waals surface area contributed by atoms with E-state index in [0.717, 1.165) is 30.1 Å². The molecule has 0 saturated heterocycles. The lowest BCUT2D eigenvalue weighted by Gasteiger charge is -2.38. The van der Waals surface area contributed by atoms with E-state index in [0.29, 0.717) is 0 Å². The first-order valence-electron chi connectivity index (χ1n) is 10.6. The molecule has 1 N–H and O–H groups in total. The van der Waals surface area contributed by atoms with Gasteiger partial charge >= 0.3 is 5.97 Å². The maximum absolute atomic E-state index is 10.5. The molecule has 2 rings (SSSR count). The van der Waals surface area contributed by atoms with Crippen LogP contribution in [0, 0.1) is 23.7 Å². The molecular formula is C22H38O2. The Kier molecular flexibility index (Phi) is 8.91. The van der Waals surface area contributed by atoms with Crippen molar-refractivity contribution in [3.63, 3.8) is 0 Å². The quantitative estimate of drug-likeness (QED) is 0.381. The number of aliphatic carboxylic acids is 1. The van der Waals surface area contributed by atoms with Crippen LogP contribution in [0.25, 0.3) is 0 Å². The van der Waals surface area contributed by atoms with Gasteiger partial charge in [-0.15, -0.1) is 0 Å². The first-order chi connectivity index (χ1) is 11.7. The second-order valence-electron chi connectivity index (χ2n) is 8.38. The van der Waals surface area contributed by atoms with Crippen LogP contribution in [0.15, 0.2) is 12.2 Å². The van der Waals surface area contributed by atoms with Crippen molar-refractivity contribution in [3.05, 3.63) is 12.2 Å². The van der Waals surface area contributed by atoms with E-state index in [1.807, 2.05) is 6.08 Å². The molecule has 0 bridgehead atoms. The molecule has 0 unspecified atom stereocenters. The van der Waals surface area contributed by atoms with Crippen LogP contribution in [-0.2, 0) is 4.79 Å². The molecular weight excluding hydrogens is 296 g/mol. The summed E-state index contributed by atoms with van der Waals surface area (Å²) in [5.74, 6) is 3.06. The fourth-order valence-corrected chi connectivity index (χ4v) is 5.10. The van der Waals surface area contributed by atoms with Crippen molar-refractivity contribution in [3.8, 4) is 0 Å². The van der Waals surface area contributed by atoms with E-state index < -0.39 is 5.97 Å². The standard InChI is InChI=1S/C22H38O2/c1-2-3-4-7-18-10-14-20(15-11-18)21-16-12-19(13-17-21)8-5-6-9-22(23)24/h6,9,18-21H,2-5,7-8,10-17H2,1H3,(H,23,24). The third kappa shape index (κ3) is 6.99. The van der Waals surface area contributed by atoms with E-state index >= 15 is 0 Å². The molecule has 2 aliphatic carbocycles. The molecule has 0 heterocycles. The van der Waals surface area contributed by atoms with E-state index in [2.05, 4.69) is 6.92 Å². The molecule has 138 valence electrons. The van der Waals surface area contributed by atoms with Crippen LogP contribution in [0.4, 0.5) is 0 Å². The number of allylic oxidation sites excluding steroid dienone is 1. The summed E-state index contributed by atoms with van der Waals surface area (Å²) in [6, 6.07) is 0. The number of rotatable bonds is 9. The molecule has 2 heteroatoms. The SMILES string of the molecule is CCCCCC1CCC(C2CCC(CCC=CC(=O)O)CC2)CC1. The highest BCUT2D eigenvalue weighted by Crippen LogP contribution is 2.43.